The van der Waals surface area contributed by atoms with Crippen LogP contribution in [0.5, 0.6) is 0 Å². The number of benzene rings is 2. The van der Waals surface area contributed by atoms with Gasteiger partial charge in [0.2, 0.25) is 0 Å². The first kappa shape index (κ1) is 14.1. The molecule has 0 fully saturated rings. The third-order valence-corrected chi connectivity index (χ3v) is 5.06. The van der Waals surface area contributed by atoms with Crippen LogP contribution < -0.4 is 5.32 Å². The number of fused-ring (bicyclic) bond motifs is 3. The molecule has 0 unspecified atom stereocenters. The van der Waals surface area contributed by atoms with Crippen molar-refractivity contribution >= 4 is 34.5 Å². The van der Waals surface area contributed by atoms with E-state index in [9.17, 15) is 9.59 Å². The van der Waals surface area contributed by atoms with Crippen LogP contribution in [-0.4, -0.2) is 22.6 Å². The molecule has 0 saturated heterocycles. The predicted molar refractivity (Wildman–Crippen MR) is 91.9 cm³/mol. The number of thioether (sulfide) groups is 1. The van der Waals surface area contributed by atoms with E-state index >= 15 is 0 Å². The average Bonchev–Trinajstić information content (AvgIpc) is 3.07. The standard InChI is InChI=1S/C18H14N2O2S/c1-20-8-7-11-13(20)9-12(10-5-3-4-6-14(10)23-2)16-15(11)17(21)19-18(16)22/h3-9H,1-2H3,(H,19,21,22). The first-order valence-corrected chi connectivity index (χ1v) is 8.45. The number of aryl methyl sites for hydroxylation is 1. The molecule has 0 aliphatic carbocycles. The third kappa shape index (κ3) is 1.93. The van der Waals surface area contributed by atoms with Gasteiger partial charge in [0.05, 0.1) is 11.1 Å². The van der Waals surface area contributed by atoms with E-state index in [1.807, 2.05) is 60.5 Å². The van der Waals surface area contributed by atoms with Gasteiger partial charge in [-0.25, -0.2) is 0 Å². The lowest BCUT2D eigenvalue weighted by Crippen LogP contribution is -2.20. The van der Waals surface area contributed by atoms with Crippen molar-refractivity contribution in [1.29, 1.82) is 0 Å². The summed E-state index contributed by atoms with van der Waals surface area (Å²) in [5, 5.41) is 3.25. The van der Waals surface area contributed by atoms with Gasteiger partial charge in [0.25, 0.3) is 11.8 Å². The normalized spacial score (nSPS) is 13.5. The van der Waals surface area contributed by atoms with E-state index in [0.717, 1.165) is 26.9 Å². The molecule has 2 aromatic carbocycles. The summed E-state index contributed by atoms with van der Waals surface area (Å²) >= 11 is 1.63. The highest BCUT2D eigenvalue weighted by Crippen LogP contribution is 2.39. The van der Waals surface area contributed by atoms with Gasteiger partial charge < -0.3 is 4.57 Å². The highest BCUT2D eigenvalue weighted by Gasteiger charge is 2.33. The molecule has 1 aromatic heterocycles. The first-order chi connectivity index (χ1) is 11.1. The lowest BCUT2D eigenvalue weighted by Gasteiger charge is -2.12. The minimum Gasteiger partial charge on any atom is -0.351 e. The number of nitrogens with one attached hydrogen (secondary N) is 1. The Hall–Kier alpha value is -2.53. The van der Waals surface area contributed by atoms with Crippen molar-refractivity contribution in [1.82, 2.24) is 9.88 Å². The predicted octanol–water partition coefficient (Wildman–Crippen LogP) is 3.45. The van der Waals surface area contributed by atoms with Gasteiger partial charge >= 0.3 is 0 Å². The van der Waals surface area contributed by atoms with Crippen molar-refractivity contribution in [2.24, 2.45) is 7.05 Å². The molecule has 4 rings (SSSR count). The van der Waals surface area contributed by atoms with Crippen LogP contribution in [0.2, 0.25) is 0 Å². The average molecular weight is 322 g/mol. The van der Waals surface area contributed by atoms with Gasteiger partial charge in [0.1, 0.15) is 0 Å². The summed E-state index contributed by atoms with van der Waals surface area (Å²) in [4.78, 5) is 25.7. The Morgan fingerprint density at radius 2 is 1.74 bits per heavy atom. The number of amides is 2. The largest absolute Gasteiger partial charge is 0.351 e. The Morgan fingerprint density at radius 3 is 2.52 bits per heavy atom. The number of aromatic nitrogens is 1. The molecule has 4 nitrogen and oxygen atoms in total. The Labute approximate surface area is 137 Å². The third-order valence-electron chi connectivity index (χ3n) is 4.27. The summed E-state index contributed by atoms with van der Waals surface area (Å²) < 4.78 is 1.97. The molecule has 2 heterocycles. The minimum atomic E-state index is -0.318. The second-order valence-electron chi connectivity index (χ2n) is 5.52. The molecule has 0 atom stereocenters. The van der Waals surface area contributed by atoms with Crippen LogP contribution in [0.1, 0.15) is 20.7 Å². The number of hydrogen-bond donors (Lipinski definition) is 1. The lowest BCUT2D eigenvalue weighted by molar-refractivity contribution is 0.0880. The van der Waals surface area contributed by atoms with E-state index < -0.39 is 0 Å². The highest BCUT2D eigenvalue weighted by molar-refractivity contribution is 7.98. The van der Waals surface area contributed by atoms with Gasteiger partial charge in [-0.3, -0.25) is 14.9 Å². The molecule has 1 aliphatic rings. The van der Waals surface area contributed by atoms with E-state index in [1.54, 1.807) is 11.8 Å². The Balaban J connectivity index is 2.16. The summed E-state index contributed by atoms with van der Waals surface area (Å²) in [5.74, 6) is -0.633. The maximum Gasteiger partial charge on any atom is 0.259 e. The Morgan fingerprint density at radius 1 is 1.00 bits per heavy atom. The van der Waals surface area contributed by atoms with Crippen LogP contribution in [0, 0.1) is 0 Å². The second kappa shape index (κ2) is 4.99. The number of carbonyl (C=O) groups is 2. The lowest BCUT2D eigenvalue weighted by atomic mass is 9.94. The zero-order valence-electron chi connectivity index (χ0n) is 12.7. The van der Waals surface area contributed by atoms with Gasteiger partial charge in [-0.05, 0) is 35.6 Å². The summed E-state index contributed by atoms with van der Waals surface area (Å²) in [6.07, 6.45) is 3.91. The molecule has 23 heavy (non-hydrogen) atoms. The zero-order valence-corrected chi connectivity index (χ0v) is 13.5. The van der Waals surface area contributed by atoms with E-state index in [-0.39, 0.29) is 11.8 Å². The van der Waals surface area contributed by atoms with Gasteiger partial charge in [0, 0.05) is 29.0 Å². The summed E-state index contributed by atoms with van der Waals surface area (Å²) in [5.41, 5.74) is 3.69. The number of rotatable bonds is 2. The topological polar surface area (TPSA) is 51.1 Å². The van der Waals surface area contributed by atoms with Crippen LogP contribution in [0.3, 0.4) is 0 Å². The Kier molecular flexibility index (Phi) is 3.06. The van der Waals surface area contributed by atoms with Gasteiger partial charge in [-0.1, -0.05) is 18.2 Å². The molecule has 5 heteroatoms. The van der Waals surface area contributed by atoms with Crippen LogP contribution >= 0.6 is 11.8 Å². The van der Waals surface area contributed by atoms with Crippen molar-refractivity contribution in [3.63, 3.8) is 0 Å². The van der Waals surface area contributed by atoms with Crippen molar-refractivity contribution in [3.8, 4) is 11.1 Å². The van der Waals surface area contributed by atoms with E-state index in [2.05, 4.69) is 5.32 Å². The zero-order chi connectivity index (χ0) is 16.1. The van der Waals surface area contributed by atoms with Gasteiger partial charge in [-0.15, -0.1) is 11.8 Å². The maximum absolute atomic E-state index is 12.4. The molecular weight excluding hydrogens is 308 g/mol. The van der Waals surface area contributed by atoms with Crippen LogP contribution in [-0.2, 0) is 7.05 Å². The van der Waals surface area contributed by atoms with E-state index in [4.69, 9.17) is 0 Å². The first-order valence-electron chi connectivity index (χ1n) is 7.23. The molecule has 3 aromatic rings. The molecule has 0 spiro atoms. The van der Waals surface area contributed by atoms with Crippen molar-refractivity contribution in [2.45, 2.75) is 4.90 Å². The summed E-state index contributed by atoms with van der Waals surface area (Å²) in [6, 6.07) is 11.8. The minimum absolute atomic E-state index is 0.315. The number of nitrogens with zero attached hydrogens (tertiary/aromatic N) is 1. The molecule has 1 N–H and O–H groups in total. The summed E-state index contributed by atoms with van der Waals surface area (Å²) in [7, 11) is 1.94. The smallest absolute Gasteiger partial charge is 0.259 e. The second-order valence-corrected chi connectivity index (χ2v) is 6.37. The van der Waals surface area contributed by atoms with Crippen molar-refractivity contribution < 1.29 is 9.59 Å². The highest BCUT2D eigenvalue weighted by atomic mass is 32.2. The Bertz CT molecular complexity index is 988. The van der Waals surface area contributed by atoms with Gasteiger partial charge in [-0.2, -0.15) is 0 Å². The molecular formula is C18H14N2O2S. The molecule has 0 bridgehead atoms. The summed E-state index contributed by atoms with van der Waals surface area (Å²) in [6.45, 7) is 0. The van der Waals surface area contributed by atoms with Crippen molar-refractivity contribution in [2.75, 3.05) is 6.26 Å². The molecule has 2 amide bonds. The quantitative estimate of drug-likeness (QED) is 0.581. The molecule has 114 valence electrons. The maximum atomic E-state index is 12.4. The van der Waals surface area contributed by atoms with Gasteiger partial charge in [0.15, 0.2) is 0 Å². The van der Waals surface area contributed by atoms with Crippen molar-refractivity contribution in [3.05, 3.63) is 53.7 Å². The van der Waals surface area contributed by atoms with Crippen LogP contribution in [0.25, 0.3) is 22.0 Å². The van der Waals surface area contributed by atoms with E-state index in [1.165, 1.54) is 0 Å². The van der Waals surface area contributed by atoms with Crippen LogP contribution in [0.4, 0.5) is 0 Å². The SMILES string of the molecule is CSc1ccccc1-c1cc2c(ccn2C)c2c1C(=O)NC2=O. The number of carbonyl (C=O) groups excluding carboxylic acids is 2. The number of imide groups is 1. The van der Waals surface area contributed by atoms with E-state index in [0.29, 0.717) is 11.1 Å². The van der Waals surface area contributed by atoms with Crippen LogP contribution in [0.15, 0.2) is 47.5 Å². The fraction of sp³-hybridized carbons (Fsp3) is 0.111. The molecule has 1 aliphatic heterocycles. The fourth-order valence-electron chi connectivity index (χ4n) is 3.19. The monoisotopic (exact) mass is 322 g/mol. The molecule has 0 radical (unpaired) electrons. The molecule has 0 saturated carbocycles. The fourth-order valence-corrected chi connectivity index (χ4v) is 3.80. The number of hydrogen-bond acceptors (Lipinski definition) is 3.